The zero-order valence-electron chi connectivity index (χ0n) is 14.0. The van der Waals surface area contributed by atoms with Crippen molar-refractivity contribution in [1.29, 1.82) is 0 Å². The van der Waals surface area contributed by atoms with Gasteiger partial charge in [0.05, 0.1) is 12.2 Å². The lowest BCUT2D eigenvalue weighted by molar-refractivity contribution is -0.137. The molecule has 1 aliphatic heterocycles. The second-order valence-electron chi connectivity index (χ2n) is 7.16. The standard InChI is InChI=1S/C22H17F3O/c23-22(24,25)15-7-5-13(6-8-15)18-12-20(18)19-11-14-3-1-2-4-16(14)21-17(19)9-10-26-21/h1-8,11,18,20H,9-10,12H2/t18-,20-/m1/s1. The van der Waals surface area contributed by atoms with Gasteiger partial charge < -0.3 is 4.74 Å². The zero-order chi connectivity index (χ0) is 17.9. The van der Waals surface area contributed by atoms with Crippen molar-refractivity contribution in [1.82, 2.24) is 0 Å². The van der Waals surface area contributed by atoms with Gasteiger partial charge in [0.1, 0.15) is 5.75 Å². The van der Waals surface area contributed by atoms with Gasteiger partial charge in [-0.3, -0.25) is 0 Å². The van der Waals surface area contributed by atoms with Crippen molar-refractivity contribution < 1.29 is 17.9 Å². The van der Waals surface area contributed by atoms with E-state index in [4.69, 9.17) is 4.74 Å². The minimum Gasteiger partial charge on any atom is -0.492 e. The predicted octanol–water partition coefficient (Wildman–Crippen LogP) is 6.06. The number of fused-ring (bicyclic) bond motifs is 3. The molecule has 0 spiro atoms. The predicted molar refractivity (Wildman–Crippen MR) is 94.7 cm³/mol. The maximum Gasteiger partial charge on any atom is 0.416 e. The number of hydrogen-bond acceptors (Lipinski definition) is 1. The third-order valence-electron chi connectivity index (χ3n) is 5.59. The van der Waals surface area contributed by atoms with Crippen molar-refractivity contribution >= 4 is 10.8 Å². The van der Waals surface area contributed by atoms with Crippen LogP contribution in [0.5, 0.6) is 5.75 Å². The van der Waals surface area contributed by atoms with Crippen LogP contribution in [0.1, 0.15) is 40.5 Å². The number of ether oxygens (including phenoxy) is 1. The summed E-state index contributed by atoms with van der Waals surface area (Å²) in [6.45, 7) is 0.702. The van der Waals surface area contributed by atoms with Crippen LogP contribution < -0.4 is 4.74 Å². The van der Waals surface area contributed by atoms with Crippen LogP contribution in [0.15, 0.2) is 54.6 Å². The molecular formula is C22H17F3O. The van der Waals surface area contributed by atoms with Crippen molar-refractivity contribution in [2.45, 2.75) is 30.9 Å². The third kappa shape index (κ3) is 2.47. The summed E-state index contributed by atoms with van der Waals surface area (Å²) in [4.78, 5) is 0. The monoisotopic (exact) mass is 354 g/mol. The molecule has 0 N–H and O–H groups in total. The molecule has 1 saturated carbocycles. The first-order valence-electron chi connectivity index (χ1n) is 8.87. The second kappa shape index (κ2) is 5.50. The van der Waals surface area contributed by atoms with E-state index in [1.165, 1.54) is 28.6 Å². The van der Waals surface area contributed by atoms with Crippen LogP contribution in [-0.2, 0) is 12.6 Å². The molecule has 2 aliphatic rings. The van der Waals surface area contributed by atoms with E-state index >= 15 is 0 Å². The molecule has 3 aromatic carbocycles. The maximum absolute atomic E-state index is 12.8. The highest BCUT2D eigenvalue weighted by Gasteiger charge is 2.42. The van der Waals surface area contributed by atoms with Gasteiger partial charge in [-0.15, -0.1) is 0 Å². The van der Waals surface area contributed by atoms with E-state index in [1.807, 2.05) is 12.1 Å². The highest BCUT2D eigenvalue weighted by atomic mass is 19.4. The average Bonchev–Trinajstić information content (AvgIpc) is 3.27. The number of hydrogen-bond donors (Lipinski definition) is 0. The molecule has 1 heterocycles. The van der Waals surface area contributed by atoms with E-state index in [-0.39, 0.29) is 0 Å². The van der Waals surface area contributed by atoms with Gasteiger partial charge in [0.25, 0.3) is 0 Å². The van der Waals surface area contributed by atoms with Crippen LogP contribution in [-0.4, -0.2) is 6.61 Å². The zero-order valence-corrected chi connectivity index (χ0v) is 14.0. The van der Waals surface area contributed by atoms with E-state index in [1.54, 1.807) is 12.1 Å². The first-order chi connectivity index (χ1) is 12.5. The molecule has 0 aromatic heterocycles. The molecule has 26 heavy (non-hydrogen) atoms. The van der Waals surface area contributed by atoms with Crippen LogP contribution >= 0.6 is 0 Å². The van der Waals surface area contributed by atoms with Crippen LogP contribution in [0.2, 0.25) is 0 Å². The highest BCUT2D eigenvalue weighted by molar-refractivity contribution is 5.91. The van der Waals surface area contributed by atoms with Gasteiger partial charge in [-0.05, 0) is 46.9 Å². The Hall–Kier alpha value is -2.49. The summed E-state index contributed by atoms with van der Waals surface area (Å²) >= 11 is 0. The van der Waals surface area contributed by atoms with Gasteiger partial charge in [0, 0.05) is 17.4 Å². The Bertz CT molecular complexity index is 989. The topological polar surface area (TPSA) is 9.23 Å². The molecule has 132 valence electrons. The van der Waals surface area contributed by atoms with Gasteiger partial charge in [-0.1, -0.05) is 42.5 Å². The lowest BCUT2D eigenvalue weighted by Gasteiger charge is -2.11. The Kier molecular flexibility index (Phi) is 3.33. The second-order valence-corrected chi connectivity index (χ2v) is 7.16. The molecule has 2 atom stereocenters. The van der Waals surface area contributed by atoms with E-state index in [0.717, 1.165) is 29.5 Å². The normalized spacial score (nSPS) is 21.5. The van der Waals surface area contributed by atoms with Gasteiger partial charge in [-0.2, -0.15) is 13.2 Å². The minimum atomic E-state index is -4.28. The van der Waals surface area contributed by atoms with Gasteiger partial charge in [0.2, 0.25) is 0 Å². The van der Waals surface area contributed by atoms with Crippen LogP contribution in [0.4, 0.5) is 13.2 Å². The first kappa shape index (κ1) is 15.7. The summed E-state index contributed by atoms with van der Waals surface area (Å²) in [5.74, 6) is 1.66. The highest BCUT2D eigenvalue weighted by Crippen LogP contribution is 2.57. The Morgan fingerprint density at radius 2 is 1.69 bits per heavy atom. The summed E-state index contributed by atoms with van der Waals surface area (Å²) < 4.78 is 44.2. The molecular weight excluding hydrogens is 337 g/mol. The van der Waals surface area contributed by atoms with E-state index < -0.39 is 11.7 Å². The van der Waals surface area contributed by atoms with Crippen molar-refractivity contribution in [3.63, 3.8) is 0 Å². The van der Waals surface area contributed by atoms with E-state index in [2.05, 4.69) is 18.2 Å². The van der Waals surface area contributed by atoms with E-state index in [9.17, 15) is 13.2 Å². The largest absolute Gasteiger partial charge is 0.492 e. The fraction of sp³-hybridized carbons (Fsp3) is 0.273. The molecule has 5 rings (SSSR count). The number of halogens is 3. The van der Waals surface area contributed by atoms with Crippen LogP contribution in [0.3, 0.4) is 0 Å². The lowest BCUT2D eigenvalue weighted by Crippen LogP contribution is -2.04. The molecule has 1 aliphatic carbocycles. The minimum absolute atomic E-state index is 0.295. The Balaban J connectivity index is 1.49. The molecule has 0 unspecified atom stereocenters. The number of benzene rings is 3. The Morgan fingerprint density at radius 1 is 0.923 bits per heavy atom. The Morgan fingerprint density at radius 3 is 2.46 bits per heavy atom. The fourth-order valence-corrected chi connectivity index (χ4v) is 4.21. The van der Waals surface area contributed by atoms with Crippen LogP contribution in [0, 0.1) is 0 Å². The van der Waals surface area contributed by atoms with Crippen molar-refractivity contribution in [2.24, 2.45) is 0 Å². The lowest BCUT2D eigenvalue weighted by atomic mass is 9.94. The molecule has 0 bridgehead atoms. The summed E-state index contributed by atoms with van der Waals surface area (Å²) in [7, 11) is 0. The van der Waals surface area contributed by atoms with Crippen molar-refractivity contribution in [2.75, 3.05) is 6.61 Å². The number of rotatable bonds is 2. The Labute approximate surface area is 149 Å². The average molecular weight is 354 g/mol. The van der Waals surface area contributed by atoms with Gasteiger partial charge in [-0.25, -0.2) is 0 Å². The molecule has 0 radical (unpaired) electrons. The molecule has 0 saturated heterocycles. The van der Waals surface area contributed by atoms with E-state index in [0.29, 0.717) is 18.4 Å². The summed E-state index contributed by atoms with van der Waals surface area (Å²) in [6.07, 6.45) is -2.39. The molecule has 1 nitrogen and oxygen atoms in total. The summed E-state index contributed by atoms with van der Waals surface area (Å²) in [5, 5.41) is 2.32. The van der Waals surface area contributed by atoms with Crippen LogP contribution in [0.25, 0.3) is 10.8 Å². The molecule has 0 amide bonds. The third-order valence-corrected chi connectivity index (χ3v) is 5.59. The maximum atomic E-state index is 12.8. The van der Waals surface area contributed by atoms with Gasteiger partial charge in [0.15, 0.2) is 0 Å². The smallest absolute Gasteiger partial charge is 0.416 e. The summed E-state index contributed by atoms with van der Waals surface area (Å²) in [6, 6.07) is 16.1. The fourth-order valence-electron chi connectivity index (χ4n) is 4.21. The number of alkyl halides is 3. The van der Waals surface area contributed by atoms with Crippen molar-refractivity contribution in [3.8, 4) is 5.75 Å². The quantitative estimate of drug-likeness (QED) is 0.543. The molecule has 4 heteroatoms. The molecule has 3 aromatic rings. The molecule has 1 fully saturated rings. The summed E-state index contributed by atoms with van der Waals surface area (Å²) in [5.41, 5.74) is 2.99. The van der Waals surface area contributed by atoms with Crippen molar-refractivity contribution in [3.05, 3.63) is 76.9 Å². The first-order valence-corrected chi connectivity index (χ1v) is 8.87. The van der Waals surface area contributed by atoms with Gasteiger partial charge >= 0.3 is 6.18 Å². The SMILES string of the molecule is FC(F)(F)c1ccc([C@H]2C[C@H]2c2cc3ccccc3c3c2CCO3)cc1.